The molecule has 3 heteroatoms. The molecule has 0 aromatic carbocycles. The van der Waals surface area contributed by atoms with Crippen molar-refractivity contribution in [3.63, 3.8) is 0 Å². The first-order valence-electron chi connectivity index (χ1n) is 8.08. The third-order valence-electron chi connectivity index (χ3n) is 3.45. The lowest BCUT2D eigenvalue weighted by Crippen LogP contribution is -2.24. The van der Waals surface area contributed by atoms with E-state index in [4.69, 9.17) is 0 Å². The second-order valence-electron chi connectivity index (χ2n) is 5.29. The second-order valence-corrected chi connectivity index (χ2v) is 5.29. The van der Waals surface area contributed by atoms with E-state index in [1.165, 1.54) is 71.3 Å². The summed E-state index contributed by atoms with van der Waals surface area (Å²) in [6.45, 7) is 3.53. The average molecular weight is 271 g/mol. The van der Waals surface area contributed by atoms with Crippen molar-refractivity contribution in [1.29, 1.82) is 0 Å². The Morgan fingerprint density at radius 3 is 1.79 bits per heavy atom. The highest BCUT2D eigenvalue weighted by atomic mass is 16.5. The van der Waals surface area contributed by atoms with Crippen LogP contribution >= 0.6 is 0 Å². The lowest BCUT2D eigenvalue weighted by atomic mass is 10.1. The molecule has 0 spiro atoms. The van der Waals surface area contributed by atoms with Gasteiger partial charge in [-0.15, -0.1) is 0 Å². The molecule has 0 rings (SSSR count). The molecule has 0 atom stereocenters. The number of esters is 1. The molecule has 19 heavy (non-hydrogen) atoms. The molecule has 3 nitrogen and oxygen atoms in total. The van der Waals surface area contributed by atoms with Gasteiger partial charge in [-0.25, -0.2) is 0 Å². The number of ether oxygens (including phenoxy) is 1. The fraction of sp³-hybridized carbons (Fsp3) is 0.938. The zero-order chi connectivity index (χ0) is 14.2. The van der Waals surface area contributed by atoms with Crippen molar-refractivity contribution in [2.24, 2.45) is 0 Å². The van der Waals surface area contributed by atoms with Crippen LogP contribution in [0.3, 0.4) is 0 Å². The van der Waals surface area contributed by atoms with Crippen molar-refractivity contribution in [1.82, 2.24) is 5.32 Å². The number of nitrogens with one attached hydrogen (secondary N) is 1. The molecule has 0 aliphatic carbocycles. The van der Waals surface area contributed by atoms with Gasteiger partial charge in [0.15, 0.2) is 0 Å². The summed E-state index contributed by atoms with van der Waals surface area (Å²) in [4.78, 5) is 10.8. The Morgan fingerprint density at radius 2 is 1.32 bits per heavy atom. The molecule has 0 saturated carbocycles. The number of carbonyl (C=O) groups excluding carboxylic acids is 1. The normalized spacial score (nSPS) is 10.6. The van der Waals surface area contributed by atoms with Crippen LogP contribution in [-0.2, 0) is 9.53 Å². The minimum atomic E-state index is -0.178. The number of carbonyl (C=O) groups is 1. The SMILES string of the molecule is CCCCCCCCCCCCCNCC(=O)OC. The Labute approximate surface area is 119 Å². The van der Waals surface area contributed by atoms with Crippen LogP contribution in [0.25, 0.3) is 0 Å². The molecule has 0 aliphatic rings. The Bertz CT molecular complexity index is 195. The Morgan fingerprint density at radius 1 is 0.842 bits per heavy atom. The van der Waals surface area contributed by atoms with Gasteiger partial charge in [-0.2, -0.15) is 0 Å². The monoisotopic (exact) mass is 271 g/mol. The summed E-state index contributed by atoms with van der Waals surface area (Å²) in [6.07, 6.45) is 14.9. The Hall–Kier alpha value is -0.570. The third kappa shape index (κ3) is 15.4. The average Bonchev–Trinajstić information content (AvgIpc) is 2.43. The van der Waals surface area contributed by atoms with E-state index in [1.807, 2.05) is 0 Å². The molecule has 0 heterocycles. The van der Waals surface area contributed by atoms with Gasteiger partial charge in [0.2, 0.25) is 0 Å². The van der Waals surface area contributed by atoms with E-state index in [-0.39, 0.29) is 5.97 Å². The molecular formula is C16H33NO2. The molecule has 0 unspecified atom stereocenters. The molecule has 0 aromatic rings. The van der Waals surface area contributed by atoms with Gasteiger partial charge >= 0.3 is 5.97 Å². The molecule has 0 aromatic heterocycles. The van der Waals surface area contributed by atoms with Gasteiger partial charge < -0.3 is 10.1 Å². The molecule has 0 saturated heterocycles. The zero-order valence-electron chi connectivity index (χ0n) is 13.0. The van der Waals surface area contributed by atoms with Crippen molar-refractivity contribution < 1.29 is 9.53 Å². The van der Waals surface area contributed by atoms with Gasteiger partial charge in [0.25, 0.3) is 0 Å². The highest BCUT2D eigenvalue weighted by molar-refractivity contribution is 5.71. The second kappa shape index (κ2) is 15.5. The number of methoxy groups -OCH3 is 1. The topological polar surface area (TPSA) is 38.3 Å². The summed E-state index contributed by atoms with van der Waals surface area (Å²) in [5.41, 5.74) is 0. The summed E-state index contributed by atoms with van der Waals surface area (Å²) in [5, 5.41) is 3.09. The van der Waals surface area contributed by atoms with E-state index in [2.05, 4.69) is 17.0 Å². The summed E-state index contributed by atoms with van der Waals surface area (Å²) < 4.78 is 4.56. The van der Waals surface area contributed by atoms with Crippen LogP contribution in [-0.4, -0.2) is 26.2 Å². The van der Waals surface area contributed by atoms with Crippen molar-refractivity contribution in [2.75, 3.05) is 20.2 Å². The largest absolute Gasteiger partial charge is 0.468 e. The van der Waals surface area contributed by atoms with Crippen molar-refractivity contribution in [2.45, 2.75) is 77.6 Å². The molecule has 114 valence electrons. The molecule has 0 fully saturated rings. The van der Waals surface area contributed by atoms with Gasteiger partial charge in [0, 0.05) is 0 Å². The minimum Gasteiger partial charge on any atom is -0.468 e. The highest BCUT2D eigenvalue weighted by Crippen LogP contribution is 2.10. The van der Waals surface area contributed by atoms with E-state index >= 15 is 0 Å². The quantitative estimate of drug-likeness (QED) is 0.382. The molecule has 0 amide bonds. The Balaban J connectivity index is 2.97. The molecule has 1 N–H and O–H groups in total. The van der Waals surface area contributed by atoms with E-state index in [0.29, 0.717) is 6.54 Å². The van der Waals surface area contributed by atoms with Crippen LogP contribution in [0.1, 0.15) is 77.6 Å². The van der Waals surface area contributed by atoms with Crippen LogP contribution in [0.4, 0.5) is 0 Å². The number of unbranched alkanes of at least 4 members (excludes halogenated alkanes) is 10. The van der Waals surface area contributed by atoms with Gasteiger partial charge in [-0.05, 0) is 13.0 Å². The van der Waals surface area contributed by atoms with Crippen molar-refractivity contribution >= 4 is 5.97 Å². The van der Waals surface area contributed by atoms with E-state index < -0.39 is 0 Å². The van der Waals surface area contributed by atoms with Crippen LogP contribution < -0.4 is 5.32 Å². The van der Waals surface area contributed by atoms with Crippen molar-refractivity contribution in [3.8, 4) is 0 Å². The maximum absolute atomic E-state index is 10.8. The first kappa shape index (κ1) is 18.4. The molecular weight excluding hydrogens is 238 g/mol. The lowest BCUT2D eigenvalue weighted by molar-refractivity contribution is -0.139. The first-order valence-corrected chi connectivity index (χ1v) is 8.08. The molecule has 0 aliphatic heterocycles. The van der Waals surface area contributed by atoms with E-state index in [0.717, 1.165) is 13.0 Å². The van der Waals surface area contributed by atoms with Crippen LogP contribution in [0, 0.1) is 0 Å². The zero-order valence-corrected chi connectivity index (χ0v) is 13.0. The third-order valence-corrected chi connectivity index (χ3v) is 3.45. The standard InChI is InChI=1S/C16H33NO2/c1-3-4-5-6-7-8-9-10-11-12-13-14-17-15-16(18)19-2/h17H,3-15H2,1-2H3. The fourth-order valence-electron chi connectivity index (χ4n) is 2.18. The summed E-state index contributed by atoms with van der Waals surface area (Å²) in [5.74, 6) is -0.178. The van der Waals surface area contributed by atoms with Crippen molar-refractivity contribution in [3.05, 3.63) is 0 Å². The number of hydrogen-bond acceptors (Lipinski definition) is 3. The van der Waals surface area contributed by atoms with Gasteiger partial charge in [-0.1, -0.05) is 71.1 Å². The summed E-state index contributed by atoms with van der Waals surface area (Å²) >= 11 is 0. The Kier molecular flexibility index (Phi) is 15.0. The maximum Gasteiger partial charge on any atom is 0.319 e. The summed E-state index contributed by atoms with van der Waals surface area (Å²) in [7, 11) is 1.42. The maximum atomic E-state index is 10.8. The number of hydrogen-bond donors (Lipinski definition) is 1. The molecule has 0 radical (unpaired) electrons. The smallest absolute Gasteiger partial charge is 0.319 e. The predicted molar refractivity (Wildman–Crippen MR) is 81.3 cm³/mol. The van der Waals surface area contributed by atoms with Gasteiger partial charge in [0.05, 0.1) is 13.7 Å². The van der Waals surface area contributed by atoms with Gasteiger partial charge in [-0.3, -0.25) is 4.79 Å². The predicted octanol–water partition coefficient (Wildman–Crippen LogP) is 4.06. The lowest BCUT2D eigenvalue weighted by Gasteiger charge is -2.04. The first-order chi connectivity index (χ1) is 9.31. The van der Waals surface area contributed by atoms with Gasteiger partial charge in [0.1, 0.15) is 0 Å². The van der Waals surface area contributed by atoms with Crippen LogP contribution in [0.5, 0.6) is 0 Å². The van der Waals surface area contributed by atoms with E-state index in [9.17, 15) is 4.79 Å². The fourth-order valence-corrected chi connectivity index (χ4v) is 2.18. The molecule has 0 bridgehead atoms. The highest BCUT2D eigenvalue weighted by Gasteiger charge is 1.97. The van der Waals surface area contributed by atoms with E-state index in [1.54, 1.807) is 0 Å². The van der Waals surface area contributed by atoms with Crippen LogP contribution in [0.15, 0.2) is 0 Å². The summed E-state index contributed by atoms with van der Waals surface area (Å²) in [6, 6.07) is 0. The van der Waals surface area contributed by atoms with Crippen LogP contribution in [0.2, 0.25) is 0 Å². The number of rotatable bonds is 14. The minimum absolute atomic E-state index is 0.178.